The number of nitrogens with zero attached hydrogens (tertiary/aromatic N) is 2. The van der Waals surface area contributed by atoms with Crippen molar-refractivity contribution in [3.05, 3.63) is 69.5 Å². The number of hydrogen-bond acceptors (Lipinski definition) is 4. The number of benzene rings is 2. The van der Waals surface area contributed by atoms with E-state index in [2.05, 4.69) is 15.3 Å². The smallest absolute Gasteiger partial charge is 0.291 e. The molecule has 28 heavy (non-hydrogen) atoms. The van der Waals surface area contributed by atoms with Crippen molar-refractivity contribution in [2.45, 2.75) is 19.4 Å². The molecule has 0 bridgehead atoms. The summed E-state index contributed by atoms with van der Waals surface area (Å²) >= 11 is 5.99. The van der Waals surface area contributed by atoms with Gasteiger partial charge in [0.1, 0.15) is 0 Å². The van der Waals surface area contributed by atoms with Crippen molar-refractivity contribution in [2.24, 2.45) is 5.92 Å². The Hall–Kier alpha value is -2.86. The number of amides is 1. The summed E-state index contributed by atoms with van der Waals surface area (Å²) in [5.41, 5.74) is 2.19. The predicted molar refractivity (Wildman–Crippen MR) is 111 cm³/mol. The third kappa shape index (κ3) is 4.02. The molecular weight excluding hydrogens is 376 g/mol. The largest absolute Gasteiger partial charge is 0.352 e. The van der Waals surface area contributed by atoms with Gasteiger partial charge in [-0.05, 0) is 42.7 Å². The molecule has 7 heteroatoms. The molecule has 0 spiro atoms. The first-order chi connectivity index (χ1) is 13.6. The molecule has 2 heterocycles. The molecule has 6 nitrogen and oxygen atoms in total. The second kappa shape index (κ2) is 8.02. The SMILES string of the molecule is O=C(NCc1cccc(Cl)c1)[C@@H]1CCCN(c2nc3ccccc3[nH]c2=O)C1. The maximum Gasteiger partial charge on any atom is 0.291 e. The molecule has 1 aromatic heterocycles. The summed E-state index contributed by atoms with van der Waals surface area (Å²) in [6.45, 7) is 1.63. The number of carbonyl (C=O) groups excluding carboxylic acids is 1. The van der Waals surface area contributed by atoms with Gasteiger partial charge in [-0.2, -0.15) is 0 Å². The third-order valence-electron chi connectivity index (χ3n) is 5.03. The quantitative estimate of drug-likeness (QED) is 0.710. The van der Waals surface area contributed by atoms with Crippen LogP contribution in [0.1, 0.15) is 18.4 Å². The molecule has 1 fully saturated rings. The molecule has 1 saturated heterocycles. The van der Waals surface area contributed by atoms with E-state index >= 15 is 0 Å². The highest BCUT2D eigenvalue weighted by atomic mass is 35.5. The van der Waals surface area contributed by atoms with Crippen LogP contribution in [0, 0.1) is 5.92 Å². The molecule has 3 aromatic rings. The summed E-state index contributed by atoms with van der Waals surface area (Å²) in [5, 5.41) is 3.63. The number of para-hydroxylation sites is 2. The Morgan fingerprint density at radius 3 is 2.96 bits per heavy atom. The van der Waals surface area contributed by atoms with Gasteiger partial charge in [-0.1, -0.05) is 35.9 Å². The van der Waals surface area contributed by atoms with Crippen LogP contribution in [0.25, 0.3) is 11.0 Å². The average molecular weight is 397 g/mol. The number of halogens is 1. The van der Waals surface area contributed by atoms with Crippen molar-refractivity contribution in [1.82, 2.24) is 15.3 Å². The Labute approximate surface area is 167 Å². The molecule has 4 rings (SSSR count). The van der Waals surface area contributed by atoms with Crippen LogP contribution in [0.2, 0.25) is 5.02 Å². The van der Waals surface area contributed by atoms with Gasteiger partial charge in [0.2, 0.25) is 5.91 Å². The Morgan fingerprint density at radius 2 is 2.11 bits per heavy atom. The lowest BCUT2D eigenvalue weighted by Gasteiger charge is -2.32. The number of nitrogens with one attached hydrogen (secondary N) is 2. The fourth-order valence-electron chi connectivity index (χ4n) is 3.60. The van der Waals surface area contributed by atoms with E-state index in [1.807, 2.05) is 47.4 Å². The van der Waals surface area contributed by atoms with Gasteiger partial charge in [0.15, 0.2) is 5.82 Å². The Morgan fingerprint density at radius 1 is 1.25 bits per heavy atom. The lowest BCUT2D eigenvalue weighted by molar-refractivity contribution is -0.125. The van der Waals surface area contributed by atoms with Crippen molar-refractivity contribution in [1.29, 1.82) is 0 Å². The van der Waals surface area contributed by atoms with Crippen molar-refractivity contribution in [2.75, 3.05) is 18.0 Å². The maximum atomic E-state index is 12.7. The van der Waals surface area contributed by atoms with Gasteiger partial charge in [0.05, 0.1) is 17.0 Å². The number of aromatic nitrogens is 2. The zero-order valence-corrected chi connectivity index (χ0v) is 16.1. The second-order valence-electron chi connectivity index (χ2n) is 7.04. The number of H-pyrrole nitrogens is 1. The van der Waals surface area contributed by atoms with Crippen LogP contribution in [0.4, 0.5) is 5.82 Å². The van der Waals surface area contributed by atoms with Gasteiger partial charge in [0, 0.05) is 24.7 Å². The van der Waals surface area contributed by atoms with E-state index in [4.69, 9.17) is 11.6 Å². The van der Waals surface area contributed by atoms with Gasteiger partial charge in [0.25, 0.3) is 5.56 Å². The van der Waals surface area contributed by atoms with Crippen LogP contribution >= 0.6 is 11.6 Å². The van der Waals surface area contributed by atoms with E-state index in [0.717, 1.165) is 23.9 Å². The molecule has 0 aliphatic carbocycles. The van der Waals surface area contributed by atoms with Crippen LogP contribution in [0.3, 0.4) is 0 Å². The summed E-state index contributed by atoms with van der Waals surface area (Å²) < 4.78 is 0. The lowest BCUT2D eigenvalue weighted by atomic mass is 9.97. The molecule has 2 N–H and O–H groups in total. The molecule has 1 aliphatic heterocycles. The lowest BCUT2D eigenvalue weighted by Crippen LogP contribution is -2.44. The van der Waals surface area contributed by atoms with E-state index in [0.29, 0.717) is 36.0 Å². The first-order valence-electron chi connectivity index (χ1n) is 9.36. The van der Waals surface area contributed by atoms with Crippen molar-refractivity contribution >= 4 is 34.4 Å². The summed E-state index contributed by atoms with van der Waals surface area (Å²) in [6.07, 6.45) is 1.63. The Bertz CT molecular complexity index is 1070. The first kappa shape index (κ1) is 18.5. The summed E-state index contributed by atoms with van der Waals surface area (Å²) in [4.78, 5) is 34.5. The van der Waals surface area contributed by atoms with Gasteiger partial charge in [-0.25, -0.2) is 4.98 Å². The first-order valence-corrected chi connectivity index (χ1v) is 9.74. The van der Waals surface area contributed by atoms with E-state index < -0.39 is 0 Å². The topological polar surface area (TPSA) is 78.1 Å². The van der Waals surface area contributed by atoms with Crippen LogP contribution in [-0.2, 0) is 11.3 Å². The van der Waals surface area contributed by atoms with Crippen molar-refractivity contribution in [3.63, 3.8) is 0 Å². The molecule has 0 radical (unpaired) electrons. The minimum absolute atomic E-state index is 0.0121. The molecule has 0 saturated carbocycles. The number of anilines is 1. The van der Waals surface area contributed by atoms with Gasteiger partial charge < -0.3 is 15.2 Å². The minimum atomic E-state index is -0.223. The van der Waals surface area contributed by atoms with Crippen LogP contribution in [0.15, 0.2) is 53.3 Å². The number of hydrogen-bond donors (Lipinski definition) is 2. The zero-order chi connectivity index (χ0) is 19.5. The summed E-state index contributed by atoms with van der Waals surface area (Å²) in [7, 11) is 0. The predicted octanol–water partition coefficient (Wildman–Crippen LogP) is 3.11. The Kier molecular flexibility index (Phi) is 5.30. The van der Waals surface area contributed by atoms with E-state index in [1.54, 1.807) is 6.07 Å². The van der Waals surface area contributed by atoms with Gasteiger partial charge in [-0.15, -0.1) is 0 Å². The average Bonchev–Trinajstić information content (AvgIpc) is 2.71. The van der Waals surface area contributed by atoms with Gasteiger partial charge in [-0.3, -0.25) is 9.59 Å². The van der Waals surface area contributed by atoms with Crippen LogP contribution < -0.4 is 15.8 Å². The normalized spacial score (nSPS) is 16.9. The number of rotatable bonds is 4. The molecule has 1 atom stereocenters. The number of carbonyl (C=O) groups is 1. The third-order valence-corrected chi connectivity index (χ3v) is 5.26. The number of fused-ring (bicyclic) bond motifs is 1. The highest BCUT2D eigenvalue weighted by molar-refractivity contribution is 6.30. The molecule has 1 aliphatic rings. The maximum absolute atomic E-state index is 12.7. The van der Waals surface area contributed by atoms with Crippen molar-refractivity contribution < 1.29 is 4.79 Å². The fourth-order valence-corrected chi connectivity index (χ4v) is 3.81. The van der Waals surface area contributed by atoms with Gasteiger partial charge >= 0.3 is 0 Å². The molecule has 0 unspecified atom stereocenters. The fraction of sp³-hybridized carbons (Fsp3) is 0.286. The molecule has 2 aromatic carbocycles. The van der Waals surface area contributed by atoms with E-state index in [-0.39, 0.29) is 17.4 Å². The van der Waals surface area contributed by atoms with Crippen LogP contribution in [0.5, 0.6) is 0 Å². The number of piperidine rings is 1. The standard InChI is InChI=1S/C21H21ClN4O2/c22-16-7-3-5-14(11-16)12-23-20(27)15-6-4-10-26(13-15)19-21(28)25-18-9-2-1-8-17(18)24-19/h1-3,5,7-9,11,15H,4,6,10,12-13H2,(H,23,27)(H,25,28)/t15-/m1/s1. The summed E-state index contributed by atoms with van der Waals surface area (Å²) in [6, 6.07) is 14.9. The second-order valence-corrected chi connectivity index (χ2v) is 7.48. The monoisotopic (exact) mass is 396 g/mol. The number of aromatic amines is 1. The highest BCUT2D eigenvalue weighted by Gasteiger charge is 2.27. The zero-order valence-electron chi connectivity index (χ0n) is 15.3. The minimum Gasteiger partial charge on any atom is -0.352 e. The molecule has 144 valence electrons. The van der Waals surface area contributed by atoms with Crippen LogP contribution in [-0.4, -0.2) is 29.0 Å². The molecular formula is C21H21ClN4O2. The van der Waals surface area contributed by atoms with E-state index in [1.165, 1.54) is 0 Å². The van der Waals surface area contributed by atoms with Crippen molar-refractivity contribution in [3.8, 4) is 0 Å². The summed E-state index contributed by atoms with van der Waals surface area (Å²) in [5.74, 6) is 0.188. The highest BCUT2D eigenvalue weighted by Crippen LogP contribution is 2.21. The van der Waals surface area contributed by atoms with E-state index in [9.17, 15) is 9.59 Å². The Balaban J connectivity index is 1.46. The molecule has 1 amide bonds.